The molecule has 9 heteroatoms. The van der Waals surface area contributed by atoms with Gasteiger partial charge in [0.25, 0.3) is 9.05 Å². The first-order valence-corrected chi connectivity index (χ1v) is 8.05. The molecule has 0 aliphatic carbocycles. The van der Waals surface area contributed by atoms with E-state index in [4.69, 9.17) is 15.4 Å². The molecule has 2 aromatic rings. The highest BCUT2D eigenvalue weighted by molar-refractivity contribution is 8.13. The van der Waals surface area contributed by atoms with Crippen LogP contribution in [0.15, 0.2) is 11.1 Å². The summed E-state index contributed by atoms with van der Waals surface area (Å²) in [5, 5.41) is 3.32. The molecule has 0 radical (unpaired) electrons. The van der Waals surface area contributed by atoms with Gasteiger partial charge in [0.15, 0.2) is 5.65 Å². The average molecular weight is 318 g/mol. The number of carbonyl (C=O) groups is 1. The molecule has 2 heterocycles. The lowest BCUT2D eigenvalue weighted by molar-refractivity contribution is 0.0524. The third-order valence-corrected chi connectivity index (χ3v) is 3.76. The third kappa shape index (κ3) is 2.48. The van der Waals surface area contributed by atoms with Crippen molar-refractivity contribution in [2.24, 2.45) is 0 Å². The van der Waals surface area contributed by atoms with Crippen LogP contribution in [-0.4, -0.2) is 35.6 Å². The van der Waals surface area contributed by atoms with Gasteiger partial charge in [-0.15, -0.1) is 0 Å². The number of ether oxygens (including phenoxy) is 1. The van der Waals surface area contributed by atoms with Crippen LogP contribution in [0.25, 0.3) is 5.65 Å². The largest absolute Gasteiger partial charge is 0.462 e. The van der Waals surface area contributed by atoms with E-state index in [1.807, 2.05) is 0 Å². The summed E-state index contributed by atoms with van der Waals surface area (Å²) in [5.74, 6) is -0.820. The van der Waals surface area contributed by atoms with E-state index in [0.29, 0.717) is 11.4 Å². The molecule has 0 aliphatic rings. The molecule has 108 valence electrons. The number of carbonyl (C=O) groups excluding carboxylic acids is 1. The molecule has 2 aromatic heterocycles. The fourth-order valence-corrected chi connectivity index (χ4v) is 2.78. The van der Waals surface area contributed by atoms with E-state index < -0.39 is 20.0 Å². The van der Waals surface area contributed by atoms with E-state index in [1.165, 1.54) is 4.52 Å². The first kappa shape index (κ1) is 14.7. The van der Waals surface area contributed by atoms with Crippen molar-refractivity contribution >= 4 is 31.3 Å². The van der Waals surface area contributed by atoms with Crippen molar-refractivity contribution in [3.8, 4) is 0 Å². The smallest absolute Gasteiger partial charge is 0.345 e. The van der Waals surface area contributed by atoms with Crippen molar-refractivity contribution in [3.63, 3.8) is 0 Å². The lowest BCUT2D eigenvalue weighted by Crippen LogP contribution is -2.09. The van der Waals surface area contributed by atoms with Gasteiger partial charge in [0.2, 0.25) is 5.03 Å². The molecule has 0 unspecified atom stereocenters. The van der Waals surface area contributed by atoms with Gasteiger partial charge in [-0.2, -0.15) is 5.10 Å². The molecule has 0 saturated heterocycles. The lowest BCUT2D eigenvalue weighted by atomic mass is 10.3. The van der Waals surface area contributed by atoms with Crippen LogP contribution in [0.3, 0.4) is 0 Å². The van der Waals surface area contributed by atoms with Crippen LogP contribution in [0.2, 0.25) is 0 Å². The van der Waals surface area contributed by atoms with Crippen LogP contribution >= 0.6 is 10.7 Å². The molecular weight excluding hydrogens is 306 g/mol. The highest BCUT2D eigenvalue weighted by Gasteiger charge is 2.30. The second kappa shape index (κ2) is 5.02. The summed E-state index contributed by atoms with van der Waals surface area (Å²) < 4.78 is 29.3. The zero-order valence-corrected chi connectivity index (χ0v) is 12.6. The second-order valence-electron chi connectivity index (χ2n) is 4.11. The Bertz CT molecular complexity index is 798. The van der Waals surface area contributed by atoms with Crippen molar-refractivity contribution in [1.29, 1.82) is 0 Å². The van der Waals surface area contributed by atoms with Crippen LogP contribution in [0, 0.1) is 13.8 Å². The standard InChI is InChI=1S/C11H12ClN3O4S/c1-4-19-11(16)8-9-13-6(2)5-7(3)15(9)14-10(8)20(12,17)18/h5H,4H2,1-3H3. The maximum atomic E-state index is 12.0. The van der Waals surface area contributed by atoms with E-state index in [2.05, 4.69) is 10.1 Å². The fourth-order valence-electron chi connectivity index (χ4n) is 1.85. The molecule has 0 fully saturated rings. The number of halogens is 1. The zero-order valence-electron chi connectivity index (χ0n) is 11.0. The van der Waals surface area contributed by atoms with Crippen LogP contribution in [0.4, 0.5) is 0 Å². The summed E-state index contributed by atoms with van der Waals surface area (Å²) in [7, 11) is 1.14. The van der Waals surface area contributed by atoms with Crippen LogP contribution < -0.4 is 0 Å². The second-order valence-corrected chi connectivity index (χ2v) is 6.59. The van der Waals surface area contributed by atoms with Crippen molar-refractivity contribution in [2.75, 3.05) is 6.61 Å². The van der Waals surface area contributed by atoms with E-state index >= 15 is 0 Å². The number of esters is 1. The monoisotopic (exact) mass is 317 g/mol. The van der Waals surface area contributed by atoms with Gasteiger partial charge in [-0.05, 0) is 26.8 Å². The Morgan fingerprint density at radius 2 is 2.10 bits per heavy atom. The number of aromatic nitrogens is 3. The average Bonchev–Trinajstić information content (AvgIpc) is 2.68. The van der Waals surface area contributed by atoms with Gasteiger partial charge in [0.1, 0.15) is 5.56 Å². The highest BCUT2D eigenvalue weighted by atomic mass is 35.7. The minimum absolute atomic E-state index is 0.0999. The SMILES string of the molecule is CCOC(=O)c1c(S(=O)(=O)Cl)nn2c(C)cc(C)nc12. The Labute approximate surface area is 119 Å². The van der Waals surface area contributed by atoms with Crippen molar-refractivity contribution < 1.29 is 17.9 Å². The zero-order chi connectivity index (χ0) is 15.1. The van der Waals surface area contributed by atoms with Gasteiger partial charge in [0, 0.05) is 22.1 Å². The normalized spacial score (nSPS) is 11.8. The maximum absolute atomic E-state index is 12.0. The molecular formula is C11H12ClN3O4S. The Morgan fingerprint density at radius 1 is 1.45 bits per heavy atom. The van der Waals surface area contributed by atoms with Gasteiger partial charge in [-0.25, -0.2) is 22.7 Å². The molecule has 0 aromatic carbocycles. The molecule has 0 aliphatic heterocycles. The molecule has 0 amide bonds. The molecule has 0 spiro atoms. The van der Waals surface area contributed by atoms with Crippen LogP contribution in [0.5, 0.6) is 0 Å². The molecule has 0 saturated carbocycles. The molecule has 0 bridgehead atoms. The van der Waals surface area contributed by atoms with Crippen molar-refractivity contribution in [2.45, 2.75) is 25.8 Å². The van der Waals surface area contributed by atoms with E-state index in [1.54, 1.807) is 26.8 Å². The summed E-state index contributed by atoms with van der Waals surface area (Å²) in [6.07, 6.45) is 0. The molecule has 0 N–H and O–H groups in total. The van der Waals surface area contributed by atoms with Crippen LogP contribution in [-0.2, 0) is 13.8 Å². The van der Waals surface area contributed by atoms with E-state index in [9.17, 15) is 13.2 Å². The summed E-state index contributed by atoms with van der Waals surface area (Å²) in [4.78, 5) is 16.1. The number of rotatable bonds is 3. The number of fused-ring (bicyclic) bond motifs is 1. The molecule has 0 atom stereocenters. The fraction of sp³-hybridized carbons (Fsp3) is 0.364. The van der Waals surface area contributed by atoms with Gasteiger partial charge < -0.3 is 4.74 Å². The Morgan fingerprint density at radius 3 is 2.65 bits per heavy atom. The van der Waals surface area contributed by atoms with Gasteiger partial charge >= 0.3 is 5.97 Å². The predicted octanol–water partition coefficient (Wildman–Crippen LogP) is 1.45. The minimum Gasteiger partial charge on any atom is -0.462 e. The predicted molar refractivity (Wildman–Crippen MR) is 71.5 cm³/mol. The van der Waals surface area contributed by atoms with E-state index in [-0.39, 0.29) is 17.8 Å². The topological polar surface area (TPSA) is 90.6 Å². The molecule has 20 heavy (non-hydrogen) atoms. The Kier molecular flexibility index (Phi) is 3.70. The summed E-state index contributed by atoms with van der Waals surface area (Å²) in [5.41, 5.74) is 1.12. The third-order valence-electron chi connectivity index (χ3n) is 2.57. The minimum atomic E-state index is -4.19. The highest BCUT2D eigenvalue weighted by Crippen LogP contribution is 2.24. The Balaban J connectivity index is 2.89. The number of hydrogen-bond donors (Lipinski definition) is 0. The number of hydrogen-bond acceptors (Lipinski definition) is 6. The van der Waals surface area contributed by atoms with Crippen LogP contribution in [0.1, 0.15) is 28.7 Å². The summed E-state index contributed by atoms with van der Waals surface area (Å²) >= 11 is 0. The van der Waals surface area contributed by atoms with Crippen molar-refractivity contribution in [3.05, 3.63) is 23.0 Å². The molecule has 7 nitrogen and oxygen atoms in total. The Hall–Kier alpha value is -1.67. The van der Waals surface area contributed by atoms with E-state index in [0.717, 1.165) is 0 Å². The van der Waals surface area contributed by atoms with Crippen molar-refractivity contribution in [1.82, 2.24) is 14.6 Å². The first-order chi connectivity index (χ1) is 9.25. The van der Waals surface area contributed by atoms with Gasteiger partial charge in [-0.1, -0.05) is 0 Å². The molecule has 2 rings (SSSR count). The van der Waals surface area contributed by atoms with Gasteiger partial charge in [0.05, 0.1) is 6.61 Å². The maximum Gasteiger partial charge on any atom is 0.345 e. The quantitative estimate of drug-likeness (QED) is 0.628. The number of nitrogens with zero attached hydrogens (tertiary/aromatic N) is 3. The number of aryl methyl sites for hydroxylation is 2. The van der Waals surface area contributed by atoms with Gasteiger partial charge in [-0.3, -0.25) is 0 Å². The summed E-state index contributed by atoms with van der Waals surface area (Å²) in [6.45, 7) is 5.16. The lowest BCUT2D eigenvalue weighted by Gasteiger charge is -2.02. The summed E-state index contributed by atoms with van der Waals surface area (Å²) in [6, 6.07) is 1.71. The first-order valence-electron chi connectivity index (χ1n) is 5.74.